The number of carbonyl (C=O) groups excluding carboxylic acids is 1. The average molecular weight is 654 g/mol. The second-order valence-corrected chi connectivity index (χ2v) is 11.7. The molecular weight excluding hydrogens is 606 g/mol. The van der Waals surface area contributed by atoms with Crippen molar-refractivity contribution in [3.63, 3.8) is 0 Å². The maximum Gasteiger partial charge on any atom is 0.338 e. The van der Waals surface area contributed by atoms with Gasteiger partial charge in [-0.1, -0.05) is 5.21 Å². The molecule has 0 amide bonds. The highest BCUT2D eigenvalue weighted by Gasteiger charge is 2.23. The molecular formula is C34H47N5O8. The van der Waals surface area contributed by atoms with Gasteiger partial charge < -0.3 is 43.0 Å². The number of hydrogen-bond donors (Lipinski definition) is 0. The Balaban J connectivity index is 1.37. The zero-order valence-corrected chi connectivity index (χ0v) is 28.2. The lowest BCUT2D eigenvalue weighted by molar-refractivity contribution is 0.0221. The van der Waals surface area contributed by atoms with Crippen LogP contribution in [0.25, 0.3) is 11.3 Å². The maximum absolute atomic E-state index is 13.5. The van der Waals surface area contributed by atoms with E-state index in [1.807, 2.05) is 23.0 Å². The zero-order chi connectivity index (χ0) is 33.2. The molecule has 0 saturated carbocycles. The first kappa shape index (κ1) is 34.1. The summed E-state index contributed by atoms with van der Waals surface area (Å²) >= 11 is 0. The molecule has 1 aromatic heterocycles. The van der Waals surface area contributed by atoms with Crippen LogP contribution in [0.5, 0.6) is 34.5 Å². The van der Waals surface area contributed by atoms with Crippen molar-refractivity contribution < 1.29 is 38.0 Å². The Bertz CT molecular complexity index is 1460. The van der Waals surface area contributed by atoms with Crippen LogP contribution in [0, 0.1) is 0 Å². The van der Waals surface area contributed by atoms with Crippen molar-refractivity contribution in [1.82, 2.24) is 24.8 Å². The van der Waals surface area contributed by atoms with Gasteiger partial charge in [-0.3, -0.25) is 4.68 Å². The van der Waals surface area contributed by atoms with E-state index in [9.17, 15) is 4.79 Å². The number of esters is 1. The second kappa shape index (κ2) is 16.6. The van der Waals surface area contributed by atoms with E-state index in [0.29, 0.717) is 65.9 Å². The number of rotatable bonds is 7. The predicted octanol–water partition coefficient (Wildman–Crippen LogP) is 4.17. The Hall–Kier alpha value is -4.23. The molecule has 0 radical (unpaired) electrons. The molecule has 1 saturated heterocycles. The number of benzene rings is 2. The van der Waals surface area contributed by atoms with Crippen molar-refractivity contribution in [2.45, 2.75) is 44.8 Å². The minimum Gasteiger partial charge on any atom is -0.493 e. The molecule has 0 N–H and O–H groups in total. The molecule has 2 aliphatic heterocycles. The fraction of sp³-hybridized carbons (Fsp3) is 0.559. The van der Waals surface area contributed by atoms with Crippen molar-refractivity contribution in [2.24, 2.45) is 0 Å². The van der Waals surface area contributed by atoms with E-state index in [2.05, 4.69) is 20.1 Å². The van der Waals surface area contributed by atoms with Gasteiger partial charge in [0.1, 0.15) is 11.8 Å². The first-order valence-corrected chi connectivity index (χ1v) is 16.2. The SMILES string of the molecule is COc1cc(C(=O)OC2CCCOc3cc(cc(OC)c3OC)-c3cn(nn3)CCCN3CCCN(CC2)CC3)cc(OC)c1OC. The van der Waals surface area contributed by atoms with Gasteiger partial charge in [0.25, 0.3) is 0 Å². The monoisotopic (exact) mass is 653 g/mol. The Morgan fingerprint density at radius 2 is 1.36 bits per heavy atom. The third-order valence-electron chi connectivity index (χ3n) is 8.69. The highest BCUT2D eigenvalue weighted by atomic mass is 16.6. The number of carbonyl (C=O) groups is 1. The molecule has 3 heterocycles. The molecule has 3 atom stereocenters. The summed E-state index contributed by atoms with van der Waals surface area (Å²) in [4.78, 5) is 18.5. The van der Waals surface area contributed by atoms with Gasteiger partial charge in [-0.05, 0) is 76.0 Å². The van der Waals surface area contributed by atoms with Crippen LogP contribution in [-0.4, -0.2) is 118 Å². The standard InChI is InChI=1S/C34H47N5O8/c1-41-28-19-24-20-31(33(28)45-5)46-18-6-9-26(47-34(40)25-21-29(42-2)32(44-4)30(22-25)43-3)10-15-38-12-7-11-37(16-17-38)13-8-14-39-23-27(24)35-36-39/h19-23,26H,6-18H2,1-5H3. The van der Waals surface area contributed by atoms with Crippen LogP contribution in [0.2, 0.25) is 0 Å². The summed E-state index contributed by atoms with van der Waals surface area (Å²) in [7, 11) is 7.76. The highest BCUT2D eigenvalue weighted by molar-refractivity contribution is 5.91. The van der Waals surface area contributed by atoms with Gasteiger partial charge in [0.05, 0.1) is 53.9 Å². The lowest BCUT2D eigenvalue weighted by Gasteiger charge is -2.25. The zero-order valence-electron chi connectivity index (χ0n) is 28.2. The first-order valence-electron chi connectivity index (χ1n) is 16.2. The molecule has 6 bridgehead atoms. The van der Waals surface area contributed by atoms with E-state index in [1.165, 1.54) is 21.3 Å². The molecule has 0 spiro atoms. The van der Waals surface area contributed by atoms with E-state index in [1.54, 1.807) is 26.4 Å². The van der Waals surface area contributed by atoms with E-state index in [0.717, 1.165) is 69.9 Å². The number of hydrogen-bond acceptors (Lipinski definition) is 12. The summed E-state index contributed by atoms with van der Waals surface area (Å²) in [6.45, 7) is 7.03. The minimum atomic E-state index is -0.446. The lowest BCUT2D eigenvalue weighted by Crippen LogP contribution is -2.34. The molecule has 47 heavy (non-hydrogen) atoms. The van der Waals surface area contributed by atoms with Crippen LogP contribution in [0.1, 0.15) is 42.5 Å². The minimum absolute atomic E-state index is 0.326. The van der Waals surface area contributed by atoms with Gasteiger partial charge in [-0.2, -0.15) is 0 Å². The van der Waals surface area contributed by atoms with E-state index < -0.39 is 5.97 Å². The maximum atomic E-state index is 13.5. The number of aromatic nitrogens is 3. The summed E-state index contributed by atoms with van der Waals surface area (Å²) in [5.74, 6) is 2.36. The van der Waals surface area contributed by atoms with Crippen LogP contribution in [0.15, 0.2) is 30.5 Å². The number of fused-ring (bicyclic) bond motifs is 8. The van der Waals surface area contributed by atoms with Crippen molar-refractivity contribution >= 4 is 5.97 Å². The van der Waals surface area contributed by atoms with E-state index in [4.69, 9.17) is 33.2 Å². The third-order valence-corrected chi connectivity index (χ3v) is 8.69. The smallest absolute Gasteiger partial charge is 0.338 e. The molecule has 2 aliphatic rings. The Labute approximate surface area is 276 Å². The molecule has 5 rings (SSSR count). The van der Waals surface area contributed by atoms with Crippen molar-refractivity contribution in [1.29, 1.82) is 0 Å². The Kier molecular flexibility index (Phi) is 12.0. The largest absolute Gasteiger partial charge is 0.493 e. The van der Waals surface area contributed by atoms with Crippen molar-refractivity contribution in [2.75, 3.05) is 81.4 Å². The molecule has 13 nitrogen and oxygen atoms in total. The Morgan fingerprint density at radius 1 is 0.723 bits per heavy atom. The van der Waals surface area contributed by atoms with Gasteiger partial charge in [-0.25, -0.2) is 4.79 Å². The topological polar surface area (TPSA) is 119 Å². The number of aryl methyl sites for hydroxylation is 1. The van der Waals surface area contributed by atoms with Gasteiger partial charge >= 0.3 is 5.97 Å². The van der Waals surface area contributed by atoms with Crippen LogP contribution in [0.3, 0.4) is 0 Å². The van der Waals surface area contributed by atoms with Crippen molar-refractivity contribution in [3.05, 3.63) is 36.0 Å². The molecule has 2 aromatic carbocycles. The van der Waals surface area contributed by atoms with E-state index in [-0.39, 0.29) is 6.10 Å². The predicted molar refractivity (Wildman–Crippen MR) is 175 cm³/mol. The second-order valence-electron chi connectivity index (χ2n) is 11.7. The summed E-state index contributed by atoms with van der Waals surface area (Å²) in [6, 6.07) is 7.02. The van der Waals surface area contributed by atoms with Crippen LogP contribution >= 0.6 is 0 Å². The quantitative estimate of drug-likeness (QED) is 0.341. The highest BCUT2D eigenvalue weighted by Crippen LogP contribution is 2.41. The molecule has 3 aromatic rings. The fourth-order valence-electron chi connectivity index (χ4n) is 6.15. The summed E-state index contributed by atoms with van der Waals surface area (Å²) in [5, 5.41) is 8.81. The lowest BCUT2D eigenvalue weighted by atomic mass is 10.1. The molecule has 13 heteroatoms. The Morgan fingerprint density at radius 3 is 2.02 bits per heavy atom. The van der Waals surface area contributed by atoms with Crippen molar-refractivity contribution in [3.8, 4) is 45.8 Å². The van der Waals surface area contributed by atoms with Gasteiger partial charge in [0.2, 0.25) is 11.5 Å². The van der Waals surface area contributed by atoms with Gasteiger partial charge in [0.15, 0.2) is 23.0 Å². The third kappa shape index (κ3) is 8.58. The summed E-state index contributed by atoms with van der Waals surface area (Å²) in [6.07, 6.45) is 5.66. The normalized spacial score (nSPS) is 20.7. The van der Waals surface area contributed by atoms with Crippen LogP contribution in [-0.2, 0) is 11.3 Å². The number of ether oxygens (including phenoxy) is 7. The molecule has 0 aliphatic carbocycles. The van der Waals surface area contributed by atoms with E-state index >= 15 is 0 Å². The average Bonchev–Trinajstić information content (AvgIpc) is 3.45. The summed E-state index contributed by atoms with van der Waals surface area (Å²) in [5.41, 5.74) is 1.88. The number of nitrogens with zero attached hydrogens (tertiary/aromatic N) is 5. The van der Waals surface area contributed by atoms with Gasteiger partial charge in [0, 0.05) is 31.7 Å². The molecule has 3 unspecified atom stereocenters. The molecule has 256 valence electrons. The summed E-state index contributed by atoms with van der Waals surface area (Å²) < 4.78 is 42.0. The van der Waals surface area contributed by atoms with Crippen LogP contribution < -0.4 is 28.4 Å². The molecule has 1 fully saturated rings. The fourth-order valence-corrected chi connectivity index (χ4v) is 6.15. The number of methoxy groups -OCH3 is 5. The first-order chi connectivity index (χ1) is 23.0. The van der Waals surface area contributed by atoms with Gasteiger partial charge in [-0.15, -0.1) is 5.10 Å². The van der Waals surface area contributed by atoms with Crippen LogP contribution in [0.4, 0.5) is 0 Å².